The first-order valence-corrected chi connectivity index (χ1v) is 22.1. The van der Waals surface area contributed by atoms with Crippen molar-refractivity contribution in [3.8, 4) is 5.75 Å². The van der Waals surface area contributed by atoms with Crippen LogP contribution in [0.3, 0.4) is 0 Å². The Hall–Kier alpha value is -7.17. The van der Waals surface area contributed by atoms with Crippen LogP contribution in [0.15, 0.2) is 128 Å². The molecule has 3 saturated heterocycles. The summed E-state index contributed by atoms with van der Waals surface area (Å²) in [5, 5.41) is 12.5. The lowest BCUT2D eigenvalue weighted by Crippen LogP contribution is -2.60. The predicted octanol–water partition coefficient (Wildman–Crippen LogP) is 4.77. The molecule has 0 bridgehead atoms. The zero-order chi connectivity index (χ0) is 46.1. The van der Waals surface area contributed by atoms with Gasteiger partial charge in [0.05, 0.1) is 37.4 Å². The Morgan fingerprint density at radius 1 is 0.818 bits per heavy atom. The van der Waals surface area contributed by atoms with Crippen LogP contribution >= 0.6 is 0 Å². The molecule has 9 rings (SSSR count). The minimum Gasteiger partial charge on any atom is -0.491 e. The highest BCUT2D eigenvalue weighted by atomic mass is 16.6. The number of anilines is 2. The first-order valence-electron chi connectivity index (χ1n) is 22.1. The lowest BCUT2D eigenvalue weighted by Gasteiger charge is -2.46. The number of methoxy groups -OCH3 is 1. The second-order valence-electron chi connectivity index (χ2n) is 17.1. The number of aromatic nitrogens is 2. The highest BCUT2D eigenvalue weighted by Crippen LogP contribution is 2.66. The van der Waals surface area contributed by atoms with E-state index in [9.17, 15) is 14.7 Å². The van der Waals surface area contributed by atoms with Crippen molar-refractivity contribution < 1.29 is 43.3 Å². The van der Waals surface area contributed by atoms with E-state index in [4.69, 9.17) is 14.2 Å². The summed E-state index contributed by atoms with van der Waals surface area (Å²) in [6, 6.07) is 29.2. The number of amides is 4. The molecule has 1 aromatic heterocycles. The molecule has 4 aliphatic rings. The number of nitrogens with one attached hydrogen (secondary N) is 1. The Labute approximate surface area is 382 Å². The number of para-hydroxylation sites is 1. The number of ether oxygens (including phenoxy) is 3. The highest BCUT2D eigenvalue weighted by Gasteiger charge is 2.76. The van der Waals surface area contributed by atoms with Gasteiger partial charge in [0.1, 0.15) is 36.0 Å². The standard InChI is InChI=1S/C50H51N7O9/c1-31(2)39(45(60)64-3)53-49(63)56-37-21-11-10-20-36(37)50(47(56)62)38(44(59)54-24-26-55(27-25-54)48-51-22-13-23-52-48)41-46(61)66-42(33-16-8-5-9-17-33)40(32-14-6-4-7-15-32)57(41)43(50)34-18-12-19-35(30-34)65-29-28-58/h4-23,30-31,38-43,58H,24-29H2,1-3H3,(H,53,63). The molecule has 5 heterocycles. The Morgan fingerprint density at radius 2 is 1.47 bits per heavy atom. The van der Waals surface area contributed by atoms with Crippen molar-refractivity contribution in [2.75, 3.05) is 56.3 Å². The Balaban J connectivity index is 1.29. The molecule has 7 atom stereocenters. The molecule has 16 nitrogen and oxygen atoms in total. The monoisotopic (exact) mass is 893 g/mol. The fourth-order valence-corrected chi connectivity index (χ4v) is 10.4. The van der Waals surface area contributed by atoms with Gasteiger partial charge in [-0.05, 0) is 52.4 Å². The summed E-state index contributed by atoms with van der Waals surface area (Å²) in [4.78, 5) is 91.3. The number of nitrogens with zero attached hydrogens (tertiary/aromatic N) is 6. The van der Waals surface area contributed by atoms with E-state index in [1.807, 2.05) is 76.5 Å². The molecular formula is C50H51N7O9. The summed E-state index contributed by atoms with van der Waals surface area (Å²) in [5.41, 5.74) is 0.517. The number of esters is 2. The maximum Gasteiger partial charge on any atom is 0.329 e. The van der Waals surface area contributed by atoms with E-state index >= 15 is 14.4 Å². The minimum atomic E-state index is -1.98. The number of morpholine rings is 1. The number of benzene rings is 4. The third kappa shape index (κ3) is 7.49. The van der Waals surface area contributed by atoms with Gasteiger partial charge in [-0.15, -0.1) is 0 Å². The van der Waals surface area contributed by atoms with Crippen LogP contribution in [0.25, 0.3) is 0 Å². The average Bonchev–Trinajstić information content (AvgIpc) is 3.81. The van der Waals surface area contributed by atoms with Gasteiger partial charge in [0.15, 0.2) is 0 Å². The van der Waals surface area contributed by atoms with Crippen LogP contribution in [0.5, 0.6) is 5.75 Å². The summed E-state index contributed by atoms with van der Waals surface area (Å²) >= 11 is 0. The summed E-state index contributed by atoms with van der Waals surface area (Å²) < 4.78 is 17.6. The zero-order valence-corrected chi connectivity index (χ0v) is 36.8. The lowest BCUT2D eigenvalue weighted by atomic mass is 9.65. The van der Waals surface area contributed by atoms with Crippen molar-refractivity contribution in [1.29, 1.82) is 0 Å². The number of rotatable bonds is 11. The average molecular weight is 894 g/mol. The topological polar surface area (TPSA) is 184 Å². The smallest absolute Gasteiger partial charge is 0.329 e. The second-order valence-corrected chi connectivity index (χ2v) is 17.1. The van der Waals surface area contributed by atoms with E-state index in [0.717, 1.165) is 10.5 Å². The molecule has 16 heteroatoms. The van der Waals surface area contributed by atoms with Crippen molar-refractivity contribution in [2.45, 2.75) is 49.5 Å². The van der Waals surface area contributed by atoms with Crippen LogP contribution < -0.4 is 19.9 Å². The van der Waals surface area contributed by atoms with Crippen LogP contribution in [0.4, 0.5) is 16.4 Å². The molecule has 5 aromatic rings. The van der Waals surface area contributed by atoms with Gasteiger partial charge >= 0.3 is 18.0 Å². The molecule has 2 N–H and O–H groups in total. The van der Waals surface area contributed by atoms with E-state index in [1.54, 1.807) is 79.7 Å². The number of carbonyl (C=O) groups is 5. The van der Waals surface area contributed by atoms with E-state index < -0.39 is 77.3 Å². The fourth-order valence-electron chi connectivity index (χ4n) is 10.4. The minimum absolute atomic E-state index is 0.0192. The molecular weight excluding hydrogens is 843 g/mol. The molecule has 4 amide bonds. The van der Waals surface area contributed by atoms with Gasteiger partial charge in [0, 0.05) is 38.6 Å². The fraction of sp³-hybridized carbons (Fsp3) is 0.340. The van der Waals surface area contributed by atoms with Crippen LogP contribution in [0.1, 0.15) is 54.3 Å². The van der Waals surface area contributed by atoms with Gasteiger partial charge in [0.2, 0.25) is 17.8 Å². The molecule has 7 unspecified atom stereocenters. The summed E-state index contributed by atoms with van der Waals surface area (Å²) in [7, 11) is 1.22. The van der Waals surface area contributed by atoms with Crippen LogP contribution in [0, 0.1) is 11.8 Å². The molecule has 0 saturated carbocycles. The number of aliphatic hydroxyl groups is 1. The molecule has 340 valence electrons. The number of fused-ring (bicyclic) bond motifs is 3. The molecule has 4 aliphatic heterocycles. The van der Waals surface area contributed by atoms with Gasteiger partial charge in [0.25, 0.3) is 0 Å². The molecule has 0 radical (unpaired) electrons. The summed E-state index contributed by atoms with van der Waals surface area (Å²) in [6.45, 7) is 4.38. The number of urea groups is 1. The maximum absolute atomic E-state index is 16.4. The SMILES string of the molecule is COC(=O)C(NC(=O)N1C(=O)C2(c3ccccc31)C(C(=O)N1CCN(c3ncccn3)CC1)C1C(=O)OC(c3ccccc3)C(c3ccccc3)N1C2c1cccc(OCCO)c1)C(C)C. The van der Waals surface area contributed by atoms with Crippen molar-refractivity contribution in [3.05, 3.63) is 150 Å². The quantitative estimate of drug-likeness (QED) is 0.173. The maximum atomic E-state index is 16.4. The molecule has 3 fully saturated rings. The lowest BCUT2D eigenvalue weighted by molar-refractivity contribution is -0.179. The first kappa shape index (κ1) is 44.1. The number of imide groups is 1. The molecule has 4 aromatic carbocycles. The number of carbonyl (C=O) groups excluding carboxylic acids is 5. The van der Waals surface area contributed by atoms with Gasteiger partial charge in [-0.2, -0.15) is 0 Å². The van der Waals surface area contributed by atoms with Gasteiger partial charge in [-0.25, -0.2) is 24.5 Å². The third-order valence-electron chi connectivity index (χ3n) is 13.2. The summed E-state index contributed by atoms with van der Waals surface area (Å²) in [6.07, 6.45) is 2.40. The number of aliphatic hydroxyl groups excluding tert-OH is 1. The number of hydrogen-bond donors (Lipinski definition) is 2. The predicted molar refractivity (Wildman–Crippen MR) is 241 cm³/mol. The van der Waals surface area contributed by atoms with Crippen molar-refractivity contribution in [2.24, 2.45) is 11.8 Å². The largest absolute Gasteiger partial charge is 0.491 e. The second kappa shape index (κ2) is 18.4. The number of hydrogen-bond acceptors (Lipinski definition) is 13. The third-order valence-corrected chi connectivity index (χ3v) is 13.2. The molecule has 1 spiro atoms. The normalized spacial score (nSPS) is 24.1. The highest BCUT2D eigenvalue weighted by molar-refractivity contribution is 6.25. The van der Waals surface area contributed by atoms with Crippen molar-refractivity contribution in [1.82, 2.24) is 25.1 Å². The van der Waals surface area contributed by atoms with Crippen molar-refractivity contribution in [3.63, 3.8) is 0 Å². The molecule has 66 heavy (non-hydrogen) atoms. The van der Waals surface area contributed by atoms with E-state index in [0.29, 0.717) is 41.5 Å². The van der Waals surface area contributed by atoms with E-state index in [1.165, 1.54) is 7.11 Å². The van der Waals surface area contributed by atoms with Crippen LogP contribution in [-0.4, -0.2) is 113 Å². The van der Waals surface area contributed by atoms with Crippen LogP contribution in [0.2, 0.25) is 0 Å². The first-order chi connectivity index (χ1) is 32.1. The van der Waals surface area contributed by atoms with E-state index in [2.05, 4.69) is 15.3 Å². The Kier molecular flexibility index (Phi) is 12.3. The van der Waals surface area contributed by atoms with E-state index in [-0.39, 0.29) is 32.0 Å². The van der Waals surface area contributed by atoms with Gasteiger partial charge in [-0.1, -0.05) is 105 Å². The van der Waals surface area contributed by atoms with Crippen LogP contribution in [-0.2, 0) is 34.1 Å². The Morgan fingerprint density at radius 3 is 2.14 bits per heavy atom. The van der Waals surface area contributed by atoms with Gasteiger partial charge in [-0.3, -0.25) is 19.3 Å². The molecule has 0 aliphatic carbocycles. The summed E-state index contributed by atoms with van der Waals surface area (Å²) in [5.74, 6) is -3.65. The zero-order valence-electron chi connectivity index (χ0n) is 36.8. The number of cyclic esters (lactones) is 1. The van der Waals surface area contributed by atoms with Gasteiger partial charge < -0.3 is 34.4 Å². The number of piperazine rings is 1. The van der Waals surface area contributed by atoms with Crippen molar-refractivity contribution >= 4 is 41.4 Å². The Bertz CT molecular complexity index is 2600.